The SMILES string of the molecule is O=C(Nc1ccc(Oc2ncnc3c2CCN(CC(=O)N2CCC2)C3)c(F)c1)c1cn(CC2CC2)c(=O)n(-c2ccc(F)cc2)c1=O. The van der Waals surface area contributed by atoms with Crippen LogP contribution in [0.15, 0.2) is 64.6 Å². The lowest BCUT2D eigenvalue weighted by molar-refractivity contribution is -0.136. The number of anilines is 1. The van der Waals surface area contributed by atoms with Crippen molar-refractivity contribution in [2.24, 2.45) is 5.92 Å². The Kier molecular flexibility index (Phi) is 8.10. The number of halogens is 2. The number of aromatic nitrogens is 4. The second-order valence-corrected chi connectivity index (χ2v) is 12.0. The quantitative estimate of drug-likeness (QED) is 0.295. The zero-order valence-electron chi connectivity index (χ0n) is 25.3. The van der Waals surface area contributed by atoms with Gasteiger partial charge in [-0.3, -0.25) is 23.9 Å². The Bertz CT molecular complexity index is 1990. The van der Waals surface area contributed by atoms with Gasteiger partial charge in [0.05, 0.1) is 17.9 Å². The van der Waals surface area contributed by atoms with Crippen molar-refractivity contribution in [3.05, 3.63) is 104 Å². The van der Waals surface area contributed by atoms with Gasteiger partial charge in [0.1, 0.15) is 17.7 Å². The maximum absolute atomic E-state index is 15.3. The maximum Gasteiger partial charge on any atom is 0.335 e. The first-order valence-electron chi connectivity index (χ1n) is 15.5. The molecule has 2 aromatic carbocycles. The van der Waals surface area contributed by atoms with Crippen molar-refractivity contribution < 1.29 is 23.1 Å². The molecule has 0 atom stereocenters. The molecule has 2 aliphatic heterocycles. The number of carbonyl (C=O) groups is 2. The lowest BCUT2D eigenvalue weighted by Gasteiger charge is -2.34. The van der Waals surface area contributed by atoms with E-state index in [1.165, 1.54) is 41.4 Å². The van der Waals surface area contributed by atoms with Gasteiger partial charge in [0.25, 0.3) is 11.5 Å². The summed E-state index contributed by atoms with van der Waals surface area (Å²) >= 11 is 0. The summed E-state index contributed by atoms with van der Waals surface area (Å²) in [5, 5.41) is 2.54. The lowest BCUT2D eigenvalue weighted by atomic mass is 10.1. The zero-order valence-corrected chi connectivity index (χ0v) is 25.3. The second-order valence-electron chi connectivity index (χ2n) is 12.0. The van der Waals surface area contributed by atoms with Crippen molar-refractivity contribution in [2.45, 2.75) is 38.8 Å². The first-order chi connectivity index (χ1) is 22.7. The van der Waals surface area contributed by atoms with Crippen LogP contribution in [0.3, 0.4) is 0 Å². The van der Waals surface area contributed by atoms with Crippen molar-refractivity contribution in [1.82, 2.24) is 28.9 Å². The van der Waals surface area contributed by atoms with Crippen molar-refractivity contribution >= 4 is 17.5 Å². The lowest BCUT2D eigenvalue weighted by Crippen LogP contribution is -2.48. The van der Waals surface area contributed by atoms with E-state index >= 15 is 4.39 Å². The topological polar surface area (TPSA) is 132 Å². The Morgan fingerprint density at radius 1 is 1.00 bits per heavy atom. The summed E-state index contributed by atoms with van der Waals surface area (Å²) in [6.07, 6.45) is 5.95. The largest absolute Gasteiger partial charge is 0.436 e. The third kappa shape index (κ3) is 6.41. The van der Waals surface area contributed by atoms with E-state index < -0.39 is 28.8 Å². The molecule has 7 rings (SSSR count). The van der Waals surface area contributed by atoms with Crippen LogP contribution in [0.2, 0.25) is 0 Å². The number of rotatable bonds is 9. The van der Waals surface area contributed by atoms with Crippen molar-refractivity contribution in [3.63, 3.8) is 0 Å². The van der Waals surface area contributed by atoms with E-state index in [4.69, 9.17) is 4.74 Å². The van der Waals surface area contributed by atoms with Crippen LogP contribution >= 0.6 is 0 Å². The molecule has 2 fully saturated rings. The molecule has 1 saturated heterocycles. The Morgan fingerprint density at radius 3 is 2.49 bits per heavy atom. The summed E-state index contributed by atoms with van der Waals surface area (Å²) in [7, 11) is 0. The van der Waals surface area contributed by atoms with Crippen LogP contribution in [0, 0.1) is 17.6 Å². The van der Waals surface area contributed by atoms with Gasteiger partial charge in [0.15, 0.2) is 11.6 Å². The number of carbonyl (C=O) groups excluding carboxylic acids is 2. The molecule has 242 valence electrons. The number of hydrogen-bond donors (Lipinski definition) is 1. The molecule has 12 nitrogen and oxygen atoms in total. The molecule has 0 unspecified atom stereocenters. The van der Waals surface area contributed by atoms with Gasteiger partial charge in [-0.05, 0) is 68.0 Å². The Hall–Kier alpha value is -5.24. The first-order valence-corrected chi connectivity index (χ1v) is 15.5. The summed E-state index contributed by atoms with van der Waals surface area (Å²) in [4.78, 5) is 64.8. The van der Waals surface area contributed by atoms with Gasteiger partial charge in [-0.2, -0.15) is 0 Å². The number of nitrogens with zero attached hydrogens (tertiary/aromatic N) is 6. The molecule has 4 aromatic rings. The number of nitrogens with one attached hydrogen (secondary N) is 1. The molecule has 2 aromatic heterocycles. The van der Waals surface area contributed by atoms with Crippen molar-refractivity contribution in [1.29, 1.82) is 0 Å². The minimum atomic E-state index is -0.886. The summed E-state index contributed by atoms with van der Waals surface area (Å²) in [5.74, 6) is -1.74. The van der Waals surface area contributed by atoms with Crippen LogP contribution in [-0.4, -0.2) is 66.9 Å². The number of benzene rings is 2. The molecule has 14 heteroatoms. The summed E-state index contributed by atoms with van der Waals surface area (Å²) in [6, 6.07) is 8.63. The molecule has 47 heavy (non-hydrogen) atoms. The van der Waals surface area contributed by atoms with Gasteiger partial charge < -0.3 is 15.0 Å². The van der Waals surface area contributed by atoms with E-state index in [1.54, 1.807) is 0 Å². The highest BCUT2D eigenvalue weighted by atomic mass is 19.1. The monoisotopic (exact) mass is 643 g/mol. The summed E-state index contributed by atoms with van der Waals surface area (Å²) in [5.41, 5.74) is -0.246. The summed E-state index contributed by atoms with van der Waals surface area (Å²) < 4.78 is 36.8. The van der Waals surface area contributed by atoms with Crippen LogP contribution in [0.1, 0.15) is 40.9 Å². The van der Waals surface area contributed by atoms with E-state index in [0.717, 1.165) is 60.7 Å². The third-order valence-electron chi connectivity index (χ3n) is 8.65. The van der Waals surface area contributed by atoms with Gasteiger partial charge >= 0.3 is 5.69 Å². The van der Waals surface area contributed by atoms with Crippen LogP contribution < -0.4 is 21.3 Å². The van der Waals surface area contributed by atoms with Crippen LogP contribution in [0.25, 0.3) is 5.69 Å². The molecule has 4 heterocycles. The minimum Gasteiger partial charge on any atom is -0.436 e. The van der Waals surface area contributed by atoms with E-state index in [2.05, 4.69) is 15.3 Å². The predicted molar refractivity (Wildman–Crippen MR) is 166 cm³/mol. The molecule has 1 aliphatic carbocycles. The molecule has 0 bridgehead atoms. The number of amides is 2. The van der Waals surface area contributed by atoms with E-state index in [9.17, 15) is 23.6 Å². The van der Waals surface area contributed by atoms with E-state index in [-0.39, 0.29) is 40.4 Å². The molecule has 1 N–H and O–H groups in total. The van der Waals surface area contributed by atoms with E-state index in [1.807, 2.05) is 9.80 Å². The normalized spacial score (nSPS) is 15.9. The van der Waals surface area contributed by atoms with Gasteiger partial charge in [0.2, 0.25) is 11.8 Å². The first kappa shape index (κ1) is 30.4. The fourth-order valence-electron chi connectivity index (χ4n) is 5.71. The second kappa shape index (κ2) is 12.5. The maximum atomic E-state index is 15.3. The highest BCUT2D eigenvalue weighted by Gasteiger charge is 2.28. The average molecular weight is 644 g/mol. The summed E-state index contributed by atoms with van der Waals surface area (Å²) in [6.45, 7) is 3.26. The fourth-order valence-corrected chi connectivity index (χ4v) is 5.71. The van der Waals surface area contributed by atoms with Gasteiger partial charge in [-0.15, -0.1) is 0 Å². The number of ether oxygens (including phenoxy) is 1. The molecule has 1 saturated carbocycles. The Balaban J connectivity index is 1.08. The fraction of sp³-hybridized carbons (Fsp3) is 0.333. The standard InChI is InChI=1S/C33H31F2N7O5/c34-21-4-7-23(8-5-21)42-32(45)25(16-41(33(42)46)15-20-2-3-20)30(44)38-22-6-9-28(26(35)14-22)47-31-24-10-13-39(17-27(24)36-19-37-31)18-29(43)40-11-1-12-40/h4-9,14,16,19-20H,1-3,10-13,15,17-18H2,(H,38,44). The minimum absolute atomic E-state index is 0.0553. The molecule has 0 spiro atoms. The van der Waals surface area contributed by atoms with Gasteiger partial charge in [-0.25, -0.2) is 28.1 Å². The van der Waals surface area contributed by atoms with E-state index in [0.29, 0.717) is 38.3 Å². The number of fused-ring (bicyclic) bond motifs is 1. The molecule has 0 radical (unpaired) electrons. The molecule has 3 aliphatic rings. The van der Waals surface area contributed by atoms with Crippen LogP contribution in [-0.2, 0) is 24.3 Å². The Labute approximate surface area is 267 Å². The van der Waals surface area contributed by atoms with Crippen LogP contribution in [0.5, 0.6) is 11.6 Å². The highest BCUT2D eigenvalue weighted by molar-refractivity contribution is 6.03. The smallest absolute Gasteiger partial charge is 0.335 e. The molecular formula is C33H31F2N7O5. The van der Waals surface area contributed by atoms with Crippen molar-refractivity contribution in [2.75, 3.05) is 31.5 Å². The van der Waals surface area contributed by atoms with Crippen molar-refractivity contribution in [3.8, 4) is 17.3 Å². The number of hydrogen-bond acceptors (Lipinski definition) is 8. The molecule has 2 amide bonds. The predicted octanol–water partition coefficient (Wildman–Crippen LogP) is 3.11. The Morgan fingerprint density at radius 2 is 1.79 bits per heavy atom. The molecular weight excluding hydrogens is 612 g/mol. The number of likely N-dealkylation sites (tertiary alicyclic amines) is 1. The average Bonchev–Trinajstić information content (AvgIpc) is 3.84. The highest BCUT2D eigenvalue weighted by Crippen LogP contribution is 2.32. The zero-order chi connectivity index (χ0) is 32.7. The van der Waals surface area contributed by atoms with Gasteiger partial charge in [0, 0.05) is 56.2 Å². The van der Waals surface area contributed by atoms with Crippen LogP contribution in [0.4, 0.5) is 14.5 Å². The third-order valence-corrected chi connectivity index (χ3v) is 8.65. The van der Waals surface area contributed by atoms with Gasteiger partial charge in [-0.1, -0.05) is 0 Å².